The third-order valence-electron chi connectivity index (χ3n) is 5.92. The maximum Gasteiger partial charge on any atom is 0.354 e. The normalized spacial score (nSPS) is 18.2. The molecule has 3 aromatic rings. The molecule has 0 saturated heterocycles. The minimum atomic E-state index is -1.15. The van der Waals surface area contributed by atoms with Gasteiger partial charge in [0.2, 0.25) is 5.91 Å². The lowest BCUT2D eigenvalue weighted by molar-refractivity contribution is -0.120. The number of aromatic carboxylic acids is 1. The van der Waals surface area contributed by atoms with E-state index in [4.69, 9.17) is 11.6 Å². The van der Waals surface area contributed by atoms with Gasteiger partial charge in [-0.25, -0.2) is 9.78 Å². The number of hydrogen-bond donors (Lipinski definition) is 1. The molecule has 5 nitrogen and oxygen atoms in total. The summed E-state index contributed by atoms with van der Waals surface area (Å²) in [4.78, 5) is 30.7. The molecule has 6 heteroatoms. The van der Waals surface area contributed by atoms with E-state index in [0.29, 0.717) is 16.4 Å². The van der Waals surface area contributed by atoms with Crippen LogP contribution >= 0.6 is 11.6 Å². The Kier molecular flexibility index (Phi) is 4.90. The third-order valence-corrected chi connectivity index (χ3v) is 6.15. The van der Waals surface area contributed by atoms with Gasteiger partial charge in [-0.3, -0.25) is 9.69 Å². The maximum atomic E-state index is 13.9. The summed E-state index contributed by atoms with van der Waals surface area (Å²) in [7, 11) is 0. The van der Waals surface area contributed by atoms with Gasteiger partial charge in [-0.15, -0.1) is 0 Å². The van der Waals surface area contributed by atoms with Crippen LogP contribution in [0.2, 0.25) is 5.02 Å². The van der Waals surface area contributed by atoms with Crippen LogP contribution in [0.25, 0.3) is 0 Å². The predicted molar refractivity (Wildman–Crippen MR) is 121 cm³/mol. The van der Waals surface area contributed by atoms with Crippen molar-refractivity contribution in [2.45, 2.75) is 38.5 Å². The number of benzene rings is 2. The maximum absolute atomic E-state index is 13.9. The smallest absolute Gasteiger partial charge is 0.354 e. The number of pyridine rings is 1. The quantitative estimate of drug-likeness (QED) is 0.572. The zero-order valence-corrected chi connectivity index (χ0v) is 18.6. The van der Waals surface area contributed by atoms with Gasteiger partial charge in [0.25, 0.3) is 0 Å². The van der Waals surface area contributed by atoms with Gasteiger partial charge in [0.15, 0.2) is 0 Å². The summed E-state index contributed by atoms with van der Waals surface area (Å²) in [6.07, 6.45) is 1.40. The summed E-state index contributed by atoms with van der Waals surface area (Å²) in [6, 6.07) is 16.5. The first kappa shape index (κ1) is 21.1. The number of amides is 1. The van der Waals surface area contributed by atoms with Crippen molar-refractivity contribution in [1.82, 2.24) is 4.98 Å². The zero-order chi connectivity index (χ0) is 22.6. The molecule has 0 spiro atoms. The molecule has 0 fully saturated rings. The number of halogens is 1. The number of rotatable bonds is 3. The molecular formula is C25H23ClN2O3. The van der Waals surface area contributed by atoms with Gasteiger partial charge in [-0.2, -0.15) is 0 Å². The van der Waals surface area contributed by atoms with Crippen LogP contribution in [0.1, 0.15) is 54.9 Å². The van der Waals surface area contributed by atoms with E-state index in [9.17, 15) is 14.7 Å². The lowest BCUT2D eigenvalue weighted by Gasteiger charge is -2.27. The van der Waals surface area contributed by atoms with Gasteiger partial charge in [-0.05, 0) is 59.4 Å². The van der Waals surface area contributed by atoms with Crippen LogP contribution < -0.4 is 4.90 Å². The monoisotopic (exact) mass is 434 g/mol. The number of carboxylic acid groups (broad SMARTS) is 1. The zero-order valence-electron chi connectivity index (χ0n) is 17.8. The summed E-state index contributed by atoms with van der Waals surface area (Å²) >= 11 is 6.31. The standard InChI is InChI=1S/C25H23ClN2O3/c1-24(2,3)15-5-7-16(8-6-15)25(4)19-13-17(26)9-10-21(19)28(23(25)31)18-11-12-27-20(14-18)22(29)30/h5-14H,1-4H3,(H,29,30). The van der Waals surface area contributed by atoms with E-state index in [2.05, 4.69) is 37.9 Å². The molecule has 0 bridgehead atoms. The molecule has 1 amide bonds. The van der Waals surface area contributed by atoms with Crippen LogP contribution in [0.3, 0.4) is 0 Å². The molecule has 1 aliphatic rings. The van der Waals surface area contributed by atoms with Gasteiger partial charge in [0.05, 0.1) is 16.8 Å². The van der Waals surface area contributed by atoms with E-state index < -0.39 is 11.4 Å². The highest BCUT2D eigenvalue weighted by molar-refractivity contribution is 6.31. The second kappa shape index (κ2) is 7.20. The lowest BCUT2D eigenvalue weighted by Crippen LogP contribution is -2.37. The van der Waals surface area contributed by atoms with Crippen molar-refractivity contribution in [3.8, 4) is 0 Å². The Labute approximate surface area is 186 Å². The van der Waals surface area contributed by atoms with Crippen molar-refractivity contribution in [2.24, 2.45) is 0 Å². The summed E-state index contributed by atoms with van der Waals surface area (Å²) < 4.78 is 0. The second-order valence-electron chi connectivity index (χ2n) is 8.96. The molecule has 4 rings (SSSR count). The van der Waals surface area contributed by atoms with E-state index in [1.54, 1.807) is 23.1 Å². The van der Waals surface area contributed by atoms with Crippen molar-refractivity contribution in [2.75, 3.05) is 4.90 Å². The largest absolute Gasteiger partial charge is 0.477 e. The highest BCUT2D eigenvalue weighted by atomic mass is 35.5. The Bertz CT molecular complexity index is 1200. The fourth-order valence-electron chi connectivity index (χ4n) is 4.07. The Balaban J connectivity index is 1.89. The topological polar surface area (TPSA) is 70.5 Å². The number of carbonyl (C=O) groups excluding carboxylic acids is 1. The first-order valence-corrected chi connectivity index (χ1v) is 10.4. The Morgan fingerprint density at radius 1 is 1.06 bits per heavy atom. The molecule has 1 aliphatic heterocycles. The van der Waals surface area contributed by atoms with Gasteiger partial charge < -0.3 is 5.11 Å². The molecule has 1 N–H and O–H groups in total. The van der Waals surface area contributed by atoms with E-state index in [0.717, 1.165) is 11.1 Å². The number of hydrogen-bond acceptors (Lipinski definition) is 3. The third kappa shape index (κ3) is 3.39. The molecule has 0 radical (unpaired) electrons. The molecule has 31 heavy (non-hydrogen) atoms. The number of carboxylic acids is 1. The van der Waals surface area contributed by atoms with Crippen LogP contribution in [0.5, 0.6) is 0 Å². The number of aromatic nitrogens is 1. The van der Waals surface area contributed by atoms with E-state index in [-0.39, 0.29) is 17.0 Å². The van der Waals surface area contributed by atoms with Crippen molar-refractivity contribution < 1.29 is 14.7 Å². The molecule has 1 atom stereocenters. The van der Waals surface area contributed by atoms with Crippen LogP contribution in [0, 0.1) is 0 Å². The van der Waals surface area contributed by atoms with Crippen LogP contribution in [0.15, 0.2) is 60.8 Å². The van der Waals surface area contributed by atoms with E-state index in [1.165, 1.54) is 17.8 Å². The number of nitrogens with zero attached hydrogens (tertiary/aromatic N) is 2. The molecule has 1 aromatic heterocycles. The highest BCUT2D eigenvalue weighted by Crippen LogP contribution is 2.49. The molecular weight excluding hydrogens is 412 g/mol. The molecule has 2 heterocycles. The van der Waals surface area contributed by atoms with E-state index in [1.807, 2.05) is 25.1 Å². The summed E-state index contributed by atoms with van der Waals surface area (Å²) in [5.41, 5.74) is 2.85. The van der Waals surface area contributed by atoms with Crippen molar-refractivity contribution in [1.29, 1.82) is 0 Å². The lowest BCUT2D eigenvalue weighted by atomic mass is 9.76. The van der Waals surface area contributed by atoms with Gasteiger partial charge in [-0.1, -0.05) is 56.6 Å². The minimum Gasteiger partial charge on any atom is -0.477 e. The molecule has 1 unspecified atom stereocenters. The minimum absolute atomic E-state index is 0.00333. The molecule has 2 aromatic carbocycles. The first-order chi connectivity index (χ1) is 14.5. The number of fused-ring (bicyclic) bond motifs is 1. The first-order valence-electron chi connectivity index (χ1n) is 9.98. The Morgan fingerprint density at radius 3 is 2.35 bits per heavy atom. The van der Waals surface area contributed by atoms with Gasteiger partial charge in [0, 0.05) is 11.2 Å². The fourth-order valence-corrected chi connectivity index (χ4v) is 4.24. The predicted octanol–water partition coefficient (Wildman–Crippen LogP) is 5.72. The SMILES string of the molecule is CC(C)(C)c1ccc(C2(C)C(=O)N(c3ccnc(C(=O)O)c3)c3ccc(Cl)cc32)cc1. The summed E-state index contributed by atoms with van der Waals surface area (Å²) in [6.45, 7) is 8.32. The van der Waals surface area contributed by atoms with Crippen LogP contribution in [0.4, 0.5) is 11.4 Å². The fraction of sp³-hybridized carbons (Fsp3) is 0.240. The Morgan fingerprint density at radius 2 is 1.74 bits per heavy atom. The number of carbonyl (C=O) groups is 2. The highest BCUT2D eigenvalue weighted by Gasteiger charge is 2.49. The molecule has 158 valence electrons. The van der Waals surface area contributed by atoms with Crippen molar-refractivity contribution in [3.05, 3.63) is 88.2 Å². The molecule has 0 aliphatic carbocycles. The van der Waals surface area contributed by atoms with Gasteiger partial charge >= 0.3 is 5.97 Å². The van der Waals surface area contributed by atoms with Gasteiger partial charge in [0.1, 0.15) is 5.69 Å². The van der Waals surface area contributed by atoms with Crippen LogP contribution in [-0.2, 0) is 15.6 Å². The van der Waals surface area contributed by atoms with Crippen molar-refractivity contribution in [3.63, 3.8) is 0 Å². The van der Waals surface area contributed by atoms with Crippen molar-refractivity contribution >= 4 is 34.9 Å². The number of anilines is 2. The summed E-state index contributed by atoms with van der Waals surface area (Å²) in [5, 5.41) is 9.87. The Hall–Kier alpha value is -3.18. The summed E-state index contributed by atoms with van der Waals surface area (Å²) in [5.74, 6) is -1.32. The van der Waals surface area contributed by atoms with E-state index >= 15 is 0 Å². The average Bonchev–Trinajstić information content (AvgIpc) is 2.95. The molecule has 0 saturated carbocycles. The average molecular weight is 435 g/mol. The van der Waals surface area contributed by atoms with Crippen LogP contribution in [-0.4, -0.2) is 22.0 Å². The second-order valence-corrected chi connectivity index (χ2v) is 9.40.